The van der Waals surface area contributed by atoms with E-state index in [1.807, 2.05) is 6.07 Å². The molecule has 0 amide bonds. The molecule has 5 nitrogen and oxygen atoms in total. The van der Waals surface area contributed by atoms with Crippen LogP contribution in [0.15, 0.2) is 35.7 Å². The van der Waals surface area contributed by atoms with Gasteiger partial charge in [0.1, 0.15) is 0 Å². The van der Waals surface area contributed by atoms with Crippen molar-refractivity contribution >= 4 is 29.0 Å². The number of anilines is 1. The maximum atomic E-state index is 11.4. The van der Waals surface area contributed by atoms with Crippen LogP contribution in [0, 0.1) is 0 Å². The summed E-state index contributed by atoms with van der Waals surface area (Å²) in [5, 5.41) is 13.6. The first kappa shape index (κ1) is 14.1. The van der Waals surface area contributed by atoms with Crippen LogP contribution in [0.25, 0.3) is 0 Å². The lowest BCUT2D eigenvalue weighted by Gasteiger charge is -2.06. The summed E-state index contributed by atoms with van der Waals surface area (Å²) in [4.78, 5) is 23.1. The third kappa shape index (κ3) is 3.36. The van der Waals surface area contributed by atoms with E-state index in [4.69, 9.17) is 5.11 Å². The SMILES string of the molecule is COC(=O)c1cccc(NCc2cc(C(=O)O)cs2)c1. The van der Waals surface area contributed by atoms with Crippen LogP contribution in [-0.4, -0.2) is 24.2 Å². The number of aromatic carboxylic acids is 1. The van der Waals surface area contributed by atoms with Crippen molar-refractivity contribution < 1.29 is 19.4 Å². The third-order valence-electron chi connectivity index (χ3n) is 2.65. The number of hydrogen-bond acceptors (Lipinski definition) is 5. The lowest BCUT2D eigenvalue weighted by Crippen LogP contribution is -2.03. The van der Waals surface area contributed by atoms with Crippen LogP contribution in [-0.2, 0) is 11.3 Å². The van der Waals surface area contributed by atoms with Gasteiger partial charge in [0.2, 0.25) is 0 Å². The first-order valence-electron chi connectivity index (χ1n) is 5.83. The molecule has 0 spiro atoms. The summed E-state index contributed by atoms with van der Waals surface area (Å²) in [7, 11) is 1.33. The zero-order valence-corrected chi connectivity index (χ0v) is 11.6. The van der Waals surface area contributed by atoms with E-state index in [0.717, 1.165) is 10.6 Å². The number of hydrogen-bond donors (Lipinski definition) is 2. The van der Waals surface area contributed by atoms with Crippen LogP contribution in [0.2, 0.25) is 0 Å². The highest BCUT2D eigenvalue weighted by Gasteiger charge is 2.07. The van der Waals surface area contributed by atoms with Crippen LogP contribution >= 0.6 is 11.3 Å². The van der Waals surface area contributed by atoms with Gasteiger partial charge < -0.3 is 15.2 Å². The Morgan fingerprint density at radius 1 is 1.30 bits per heavy atom. The third-order valence-corrected chi connectivity index (χ3v) is 3.59. The van der Waals surface area contributed by atoms with Crippen LogP contribution in [0.1, 0.15) is 25.6 Å². The van der Waals surface area contributed by atoms with Gasteiger partial charge in [-0.15, -0.1) is 11.3 Å². The fraction of sp³-hybridized carbons (Fsp3) is 0.143. The number of carboxylic acid groups (broad SMARTS) is 1. The molecule has 0 saturated heterocycles. The maximum Gasteiger partial charge on any atom is 0.337 e. The summed E-state index contributed by atoms with van der Waals surface area (Å²) in [6.45, 7) is 0.503. The summed E-state index contributed by atoms with van der Waals surface area (Å²) >= 11 is 1.38. The molecule has 20 heavy (non-hydrogen) atoms. The molecule has 0 aliphatic heterocycles. The molecule has 0 radical (unpaired) electrons. The van der Waals surface area contributed by atoms with E-state index in [0.29, 0.717) is 12.1 Å². The maximum absolute atomic E-state index is 11.4. The molecule has 104 valence electrons. The first-order valence-corrected chi connectivity index (χ1v) is 6.71. The summed E-state index contributed by atoms with van der Waals surface area (Å²) in [6.07, 6.45) is 0. The Hall–Kier alpha value is -2.34. The van der Waals surface area contributed by atoms with Crippen LogP contribution in [0.3, 0.4) is 0 Å². The molecule has 0 saturated carbocycles. The monoisotopic (exact) mass is 291 g/mol. The lowest BCUT2D eigenvalue weighted by atomic mass is 10.2. The largest absolute Gasteiger partial charge is 0.478 e. The number of thiophene rings is 1. The number of ether oxygens (including phenoxy) is 1. The van der Waals surface area contributed by atoms with Crippen LogP contribution in [0.5, 0.6) is 0 Å². The van der Waals surface area contributed by atoms with Gasteiger partial charge in [0.25, 0.3) is 0 Å². The molecule has 1 aromatic carbocycles. The van der Waals surface area contributed by atoms with Gasteiger partial charge in [-0.1, -0.05) is 6.07 Å². The minimum Gasteiger partial charge on any atom is -0.478 e. The Morgan fingerprint density at radius 3 is 2.75 bits per heavy atom. The predicted molar refractivity (Wildman–Crippen MR) is 76.4 cm³/mol. The molecular weight excluding hydrogens is 278 g/mol. The number of esters is 1. The highest BCUT2D eigenvalue weighted by atomic mass is 32.1. The van der Waals surface area contributed by atoms with Gasteiger partial charge in [0.15, 0.2) is 0 Å². The second kappa shape index (κ2) is 6.21. The number of rotatable bonds is 5. The van der Waals surface area contributed by atoms with Crippen molar-refractivity contribution in [2.24, 2.45) is 0 Å². The Labute approximate surface area is 119 Å². The Bertz CT molecular complexity index is 636. The molecule has 0 fully saturated rings. The van der Waals surface area contributed by atoms with Crippen molar-refractivity contribution in [2.45, 2.75) is 6.54 Å². The Balaban J connectivity index is 2.03. The predicted octanol–water partition coefficient (Wildman–Crippen LogP) is 2.85. The van der Waals surface area contributed by atoms with Crippen LogP contribution in [0.4, 0.5) is 5.69 Å². The number of nitrogens with one attached hydrogen (secondary N) is 1. The number of carboxylic acids is 1. The van der Waals surface area contributed by atoms with Crippen LogP contribution < -0.4 is 5.32 Å². The number of benzene rings is 1. The topological polar surface area (TPSA) is 75.6 Å². The van der Waals surface area contributed by atoms with Crippen molar-refractivity contribution in [1.82, 2.24) is 0 Å². The van der Waals surface area contributed by atoms with E-state index in [1.165, 1.54) is 18.4 Å². The Morgan fingerprint density at radius 2 is 2.10 bits per heavy atom. The molecular formula is C14H13NO4S. The number of carbonyl (C=O) groups excluding carboxylic acids is 1. The van der Waals surface area contributed by atoms with Crippen molar-refractivity contribution in [2.75, 3.05) is 12.4 Å². The number of carbonyl (C=O) groups is 2. The summed E-state index contributed by atoms with van der Waals surface area (Å²) in [6, 6.07) is 8.58. The van der Waals surface area contributed by atoms with Gasteiger partial charge in [-0.3, -0.25) is 0 Å². The zero-order chi connectivity index (χ0) is 14.5. The van der Waals surface area contributed by atoms with Crippen molar-refractivity contribution in [3.8, 4) is 0 Å². The molecule has 0 atom stereocenters. The van der Waals surface area contributed by atoms with Crippen molar-refractivity contribution in [3.63, 3.8) is 0 Å². The zero-order valence-electron chi connectivity index (χ0n) is 10.8. The minimum absolute atomic E-state index is 0.287. The van der Waals surface area contributed by atoms with E-state index in [-0.39, 0.29) is 5.56 Å². The van der Waals surface area contributed by atoms with E-state index in [1.54, 1.807) is 29.6 Å². The lowest BCUT2D eigenvalue weighted by molar-refractivity contribution is 0.0600. The summed E-state index contributed by atoms with van der Waals surface area (Å²) in [5.74, 6) is -1.32. The molecule has 6 heteroatoms. The van der Waals surface area contributed by atoms with E-state index >= 15 is 0 Å². The van der Waals surface area contributed by atoms with Gasteiger partial charge >= 0.3 is 11.9 Å². The molecule has 0 aliphatic carbocycles. The van der Waals surface area contributed by atoms with Gasteiger partial charge in [0, 0.05) is 22.5 Å². The highest BCUT2D eigenvalue weighted by molar-refractivity contribution is 7.10. The molecule has 1 aromatic heterocycles. The van der Waals surface area contributed by atoms with Crippen molar-refractivity contribution in [1.29, 1.82) is 0 Å². The molecule has 0 aliphatic rings. The average Bonchev–Trinajstić information content (AvgIpc) is 2.93. The average molecular weight is 291 g/mol. The molecule has 2 aromatic rings. The minimum atomic E-state index is -0.930. The van der Waals surface area contributed by atoms with Gasteiger partial charge in [-0.05, 0) is 24.3 Å². The second-order valence-corrected chi connectivity index (χ2v) is 5.03. The molecule has 2 N–H and O–H groups in total. The quantitative estimate of drug-likeness (QED) is 0.828. The summed E-state index contributed by atoms with van der Waals surface area (Å²) in [5.41, 5.74) is 1.53. The van der Waals surface area contributed by atoms with E-state index in [9.17, 15) is 9.59 Å². The Kier molecular flexibility index (Phi) is 4.37. The molecule has 1 heterocycles. The van der Waals surface area contributed by atoms with E-state index < -0.39 is 11.9 Å². The fourth-order valence-corrected chi connectivity index (χ4v) is 2.45. The molecule has 2 rings (SSSR count). The second-order valence-electron chi connectivity index (χ2n) is 4.03. The number of methoxy groups -OCH3 is 1. The fourth-order valence-electron chi connectivity index (χ4n) is 1.65. The van der Waals surface area contributed by atoms with Gasteiger partial charge in [-0.25, -0.2) is 9.59 Å². The highest BCUT2D eigenvalue weighted by Crippen LogP contribution is 2.18. The van der Waals surface area contributed by atoms with E-state index in [2.05, 4.69) is 10.1 Å². The molecule has 0 bridgehead atoms. The first-order chi connectivity index (χ1) is 9.60. The van der Waals surface area contributed by atoms with Gasteiger partial charge in [0.05, 0.1) is 18.2 Å². The molecule has 0 unspecified atom stereocenters. The summed E-state index contributed by atoms with van der Waals surface area (Å²) < 4.78 is 4.65. The van der Waals surface area contributed by atoms with Crippen molar-refractivity contribution in [3.05, 3.63) is 51.7 Å². The standard InChI is InChI=1S/C14H13NO4S/c1-19-14(18)9-3-2-4-11(5-9)15-7-12-6-10(8-20-12)13(16)17/h2-6,8,15H,7H2,1H3,(H,16,17). The van der Waals surface area contributed by atoms with Gasteiger partial charge in [-0.2, -0.15) is 0 Å². The smallest absolute Gasteiger partial charge is 0.337 e. The normalized spacial score (nSPS) is 10.1.